The van der Waals surface area contributed by atoms with Crippen LogP contribution in [0.5, 0.6) is 0 Å². The van der Waals surface area contributed by atoms with Crippen LogP contribution in [0.1, 0.15) is 36.7 Å². The van der Waals surface area contributed by atoms with E-state index in [1.807, 2.05) is 26.0 Å². The smallest absolute Gasteiger partial charge is 0.160 e. The number of rotatable bonds is 4. The van der Waals surface area contributed by atoms with Gasteiger partial charge in [0, 0.05) is 25.5 Å². The number of pyridine rings is 1. The van der Waals surface area contributed by atoms with E-state index in [1.165, 1.54) is 0 Å². The molecule has 20 heavy (non-hydrogen) atoms. The molecule has 2 aromatic heterocycles. The molecule has 4 nitrogen and oxygen atoms in total. The molecule has 0 spiro atoms. The van der Waals surface area contributed by atoms with E-state index in [9.17, 15) is 0 Å². The molecule has 3 heterocycles. The zero-order valence-electron chi connectivity index (χ0n) is 12.0. The third-order valence-corrected chi connectivity index (χ3v) is 4.10. The first kappa shape index (κ1) is 13.8. The fourth-order valence-electron chi connectivity index (χ4n) is 2.76. The van der Waals surface area contributed by atoms with Crippen molar-refractivity contribution in [3.05, 3.63) is 23.7 Å². The summed E-state index contributed by atoms with van der Waals surface area (Å²) in [6, 6.07) is 4.02. The van der Waals surface area contributed by atoms with Gasteiger partial charge in [0.1, 0.15) is 11.3 Å². The van der Waals surface area contributed by atoms with E-state index < -0.39 is 0 Å². The van der Waals surface area contributed by atoms with Crippen molar-refractivity contribution in [1.29, 1.82) is 0 Å². The van der Waals surface area contributed by atoms with Crippen molar-refractivity contribution in [3.63, 3.8) is 0 Å². The minimum Gasteiger partial charge on any atom is -0.381 e. The summed E-state index contributed by atoms with van der Waals surface area (Å²) in [6.45, 7) is 6.65. The molecule has 1 saturated heterocycles. The number of aryl methyl sites for hydroxylation is 2. The first-order chi connectivity index (χ1) is 9.65. The van der Waals surface area contributed by atoms with E-state index in [1.54, 1.807) is 0 Å². The average molecular weight is 294 g/mol. The van der Waals surface area contributed by atoms with Crippen LogP contribution in [0.25, 0.3) is 11.2 Å². The third kappa shape index (κ3) is 2.67. The van der Waals surface area contributed by atoms with Gasteiger partial charge in [-0.1, -0.05) is 0 Å². The van der Waals surface area contributed by atoms with Gasteiger partial charge in [-0.05, 0) is 44.7 Å². The highest BCUT2D eigenvalue weighted by Gasteiger charge is 2.19. The number of nitrogens with zero attached hydrogens (tertiary/aromatic N) is 3. The summed E-state index contributed by atoms with van der Waals surface area (Å²) in [5.74, 6) is 1.56. The maximum atomic E-state index is 6.28. The lowest BCUT2D eigenvalue weighted by atomic mass is 10.1. The summed E-state index contributed by atoms with van der Waals surface area (Å²) in [6.07, 6.45) is 2.25. The van der Waals surface area contributed by atoms with Gasteiger partial charge < -0.3 is 9.30 Å². The Bertz CT molecular complexity index is 602. The fraction of sp³-hybridized carbons (Fsp3) is 0.600. The molecule has 108 valence electrons. The predicted molar refractivity (Wildman–Crippen MR) is 80.1 cm³/mol. The maximum Gasteiger partial charge on any atom is 0.160 e. The molecule has 0 radical (unpaired) electrons. The molecular weight excluding hydrogens is 274 g/mol. The first-order valence-electron chi connectivity index (χ1n) is 7.20. The van der Waals surface area contributed by atoms with Crippen LogP contribution in [0.4, 0.5) is 0 Å². The van der Waals surface area contributed by atoms with Crippen LogP contribution in [-0.2, 0) is 11.3 Å². The van der Waals surface area contributed by atoms with Gasteiger partial charge in [-0.2, -0.15) is 0 Å². The van der Waals surface area contributed by atoms with Gasteiger partial charge in [-0.3, -0.25) is 0 Å². The molecule has 1 aliphatic rings. The third-order valence-electron chi connectivity index (χ3n) is 3.90. The summed E-state index contributed by atoms with van der Waals surface area (Å²) < 4.78 is 7.62. The molecule has 5 heteroatoms. The van der Waals surface area contributed by atoms with E-state index in [-0.39, 0.29) is 5.38 Å². The molecule has 0 aliphatic carbocycles. The largest absolute Gasteiger partial charge is 0.381 e. The zero-order chi connectivity index (χ0) is 14.1. The lowest BCUT2D eigenvalue weighted by Crippen LogP contribution is -2.10. The number of halogens is 1. The van der Waals surface area contributed by atoms with Gasteiger partial charge in [-0.15, -0.1) is 11.6 Å². The van der Waals surface area contributed by atoms with Crippen molar-refractivity contribution >= 4 is 22.8 Å². The Morgan fingerprint density at radius 1 is 1.45 bits per heavy atom. The van der Waals surface area contributed by atoms with Crippen LogP contribution >= 0.6 is 11.6 Å². The number of hydrogen-bond acceptors (Lipinski definition) is 3. The number of imidazole rings is 1. The van der Waals surface area contributed by atoms with E-state index >= 15 is 0 Å². The topological polar surface area (TPSA) is 39.9 Å². The lowest BCUT2D eigenvalue weighted by molar-refractivity contribution is 0.183. The van der Waals surface area contributed by atoms with Gasteiger partial charge in [0.15, 0.2) is 5.65 Å². The number of hydrogen-bond donors (Lipinski definition) is 0. The number of fused-ring (bicyclic) bond motifs is 1. The van der Waals surface area contributed by atoms with Gasteiger partial charge in [0.25, 0.3) is 0 Å². The zero-order valence-corrected chi connectivity index (χ0v) is 12.7. The highest BCUT2D eigenvalue weighted by atomic mass is 35.5. The summed E-state index contributed by atoms with van der Waals surface area (Å²) in [5, 5.41) is -0.107. The summed E-state index contributed by atoms with van der Waals surface area (Å²) in [4.78, 5) is 9.27. The van der Waals surface area contributed by atoms with Crippen molar-refractivity contribution in [1.82, 2.24) is 14.5 Å². The summed E-state index contributed by atoms with van der Waals surface area (Å²) >= 11 is 6.28. The monoisotopic (exact) mass is 293 g/mol. The number of alkyl halides is 1. The van der Waals surface area contributed by atoms with Crippen LogP contribution < -0.4 is 0 Å². The molecule has 0 amide bonds. The van der Waals surface area contributed by atoms with Crippen molar-refractivity contribution < 1.29 is 4.74 Å². The van der Waals surface area contributed by atoms with E-state index in [2.05, 4.69) is 14.5 Å². The maximum absolute atomic E-state index is 6.28. The number of ether oxygens (including phenoxy) is 1. The Kier molecular flexibility index (Phi) is 3.94. The van der Waals surface area contributed by atoms with Crippen LogP contribution in [0.15, 0.2) is 12.1 Å². The fourth-order valence-corrected chi connectivity index (χ4v) is 2.93. The SMILES string of the molecule is Cc1ccc2nc(C(C)Cl)n(CCC3CCOC3)c2n1. The molecule has 1 fully saturated rings. The Morgan fingerprint density at radius 3 is 3.00 bits per heavy atom. The van der Waals surface area contributed by atoms with E-state index in [0.29, 0.717) is 5.92 Å². The lowest BCUT2D eigenvalue weighted by Gasteiger charge is -2.12. The molecular formula is C15H20ClN3O. The van der Waals surface area contributed by atoms with Crippen molar-refractivity contribution in [2.24, 2.45) is 5.92 Å². The molecule has 0 aromatic carbocycles. The summed E-state index contributed by atoms with van der Waals surface area (Å²) in [5.41, 5.74) is 2.89. The molecule has 0 bridgehead atoms. The average Bonchev–Trinajstić information content (AvgIpc) is 3.03. The minimum atomic E-state index is -0.107. The van der Waals surface area contributed by atoms with Gasteiger partial charge in [0.2, 0.25) is 0 Å². The van der Waals surface area contributed by atoms with Crippen molar-refractivity contribution in [2.45, 2.75) is 38.6 Å². The Balaban J connectivity index is 1.92. The van der Waals surface area contributed by atoms with E-state index in [0.717, 1.165) is 55.3 Å². The van der Waals surface area contributed by atoms with Crippen LogP contribution in [0, 0.1) is 12.8 Å². The van der Waals surface area contributed by atoms with Crippen molar-refractivity contribution in [3.8, 4) is 0 Å². The molecule has 0 N–H and O–H groups in total. The second kappa shape index (κ2) is 5.70. The van der Waals surface area contributed by atoms with Crippen LogP contribution in [0.3, 0.4) is 0 Å². The van der Waals surface area contributed by atoms with Crippen molar-refractivity contribution in [2.75, 3.05) is 13.2 Å². The Morgan fingerprint density at radius 2 is 2.30 bits per heavy atom. The molecule has 3 rings (SSSR count). The minimum absolute atomic E-state index is 0.107. The molecule has 2 unspecified atom stereocenters. The highest BCUT2D eigenvalue weighted by Crippen LogP contribution is 2.26. The summed E-state index contributed by atoms with van der Waals surface area (Å²) in [7, 11) is 0. The van der Waals surface area contributed by atoms with E-state index in [4.69, 9.17) is 16.3 Å². The quantitative estimate of drug-likeness (QED) is 0.811. The van der Waals surface area contributed by atoms with Gasteiger partial charge in [0.05, 0.1) is 5.38 Å². The second-order valence-corrected chi connectivity index (χ2v) is 6.21. The normalized spacial score (nSPS) is 20.6. The van der Waals surface area contributed by atoms with Gasteiger partial charge in [-0.25, -0.2) is 9.97 Å². The van der Waals surface area contributed by atoms with Crippen LogP contribution in [-0.4, -0.2) is 27.7 Å². The van der Waals surface area contributed by atoms with Crippen LogP contribution in [0.2, 0.25) is 0 Å². The molecule has 1 aliphatic heterocycles. The molecule has 0 saturated carbocycles. The Labute approximate surface area is 124 Å². The van der Waals surface area contributed by atoms with Gasteiger partial charge >= 0.3 is 0 Å². The second-order valence-electron chi connectivity index (χ2n) is 5.55. The highest BCUT2D eigenvalue weighted by molar-refractivity contribution is 6.20. The molecule has 2 aromatic rings. The standard InChI is InChI=1S/C15H20ClN3O/c1-10-3-4-13-15(17-10)19(14(18-13)11(2)16)7-5-12-6-8-20-9-12/h3-4,11-12H,5-9H2,1-2H3. The number of aromatic nitrogens is 3. The predicted octanol–water partition coefficient (Wildman–Crippen LogP) is 3.47. The first-order valence-corrected chi connectivity index (χ1v) is 7.64. The molecule has 2 atom stereocenters. The Hall–Kier alpha value is -1.13.